The Balaban J connectivity index is 1.06. The number of nitrogens with one attached hydrogen (secondary N) is 2. The molecule has 0 bridgehead atoms. The number of halogens is 2. The van der Waals surface area contributed by atoms with Crippen LogP contribution < -0.4 is 10.2 Å². The lowest BCUT2D eigenvalue weighted by molar-refractivity contribution is 0.0856. The molecule has 3 aromatic rings. The number of piperazine rings is 1. The number of H-pyrrole nitrogens is 1. The van der Waals surface area contributed by atoms with Crippen LogP contribution >= 0.6 is 23.2 Å². The predicted molar refractivity (Wildman–Crippen MR) is 146 cm³/mol. The molecule has 2 heterocycles. The predicted octanol–water partition coefficient (Wildman–Crippen LogP) is 6.37. The van der Waals surface area contributed by atoms with Crippen LogP contribution in [0.3, 0.4) is 0 Å². The maximum Gasteiger partial charge on any atom is 0.268 e. The topological polar surface area (TPSA) is 51.4 Å². The van der Waals surface area contributed by atoms with Gasteiger partial charge in [0, 0.05) is 42.6 Å². The van der Waals surface area contributed by atoms with Gasteiger partial charge < -0.3 is 15.2 Å². The molecule has 2 aliphatic rings. The summed E-state index contributed by atoms with van der Waals surface area (Å²) in [7, 11) is 0. The lowest BCUT2D eigenvalue weighted by Gasteiger charge is -2.40. The first kappa shape index (κ1) is 24.5. The van der Waals surface area contributed by atoms with Crippen LogP contribution in [0.5, 0.6) is 0 Å². The molecule has 186 valence electrons. The van der Waals surface area contributed by atoms with Gasteiger partial charge in [-0.05, 0) is 75.8 Å². The highest BCUT2D eigenvalue weighted by Gasteiger charge is 2.33. The number of para-hydroxylation sites is 1. The second-order valence-corrected chi connectivity index (χ2v) is 11.2. The van der Waals surface area contributed by atoms with Gasteiger partial charge in [-0.1, -0.05) is 47.5 Å². The van der Waals surface area contributed by atoms with Crippen molar-refractivity contribution in [2.45, 2.75) is 44.6 Å². The van der Waals surface area contributed by atoms with Gasteiger partial charge in [0.2, 0.25) is 0 Å². The number of hydrogen-bond donors (Lipinski definition) is 2. The number of carbonyl (C=O) groups excluding carboxylic acids is 1. The first-order valence-electron chi connectivity index (χ1n) is 12.7. The number of benzene rings is 2. The van der Waals surface area contributed by atoms with E-state index in [1.54, 1.807) is 0 Å². The Morgan fingerprint density at radius 1 is 1.06 bits per heavy atom. The summed E-state index contributed by atoms with van der Waals surface area (Å²) in [6.45, 7) is 7.39. The number of fused-ring (bicyclic) bond motifs is 1. The van der Waals surface area contributed by atoms with Crippen molar-refractivity contribution in [2.75, 3.05) is 37.6 Å². The van der Waals surface area contributed by atoms with Crippen molar-refractivity contribution in [3.63, 3.8) is 0 Å². The van der Waals surface area contributed by atoms with E-state index in [9.17, 15) is 4.79 Å². The summed E-state index contributed by atoms with van der Waals surface area (Å²) in [6, 6.07) is 15.8. The van der Waals surface area contributed by atoms with E-state index in [2.05, 4.69) is 33.1 Å². The summed E-state index contributed by atoms with van der Waals surface area (Å²) in [4.78, 5) is 21.1. The van der Waals surface area contributed by atoms with E-state index in [1.165, 1.54) is 19.3 Å². The quantitative estimate of drug-likeness (QED) is 0.403. The molecular weight excluding hydrogens is 479 g/mol. The van der Waals surface area contributed by atoms with Gasteiger partial charge in [0.25, 0.3) is 5.91 Å². The van der Waals surface area contributed by atoms with E-state index in [-0.39, 0.29) is 11.4 Å². The average Bonchev–Trinajstić information content (AvgIpc) is 3.31. The van der Waals surface area contributed by atoms with Crippen LogP contribution in [0.25, 0.3) is 10.9 Å². The third-order valence-corrected chi connectivity index (χ3v) is 8.71. The van der Waals surface area contributed by atoms with E-state index < -0.39 is 0 Å². The van der Waals surface area contributed by atoms with E-state index >= 15 is 0 Å². The minimum atomic E-state index is -0.132. The molecule has 0 radical (unpaired) electrons. The van der Waals surface area contributed by atoms with Crippen LogP contribution in [0, 0.1) is 5.92 Å². The molecule has 2 fully saturated rings. The number of rotatable bonds is 6. The fraction of sp³-hybridized carbons (Fsp3) is 0.464. The summed E-state index contributed by atoms with van der Waals surface area (Å²) in [6.07, 6.45) is 5.63. The fourth-order valence-corrected chi connectivity index (χ4v) is 5.99. The fourth-order valence-electron chi connectivity index (χ4n) is 5.58. The molecule has 2 N–H and O–H groups in total. The molecule has 0 unspecified atom stereocenters. The van der Waals surface area contributed by atoms with Crippen molar-refractivity contribution in [2.24, 2.45) is 5.92 Å². The van der Waals surface area contributed by atoms with Gasteiger partial charge in [0.05, 0.1) is 15.7 Å². The zero-order valence-electron chi connectivity index (χ0n) is 20.3. The van der Waals surface area contributed by atoms with Crippen molar-refractivity contribution >= 4 is 45.7 Å². The van der Waals surface area contributed by atoms with Crippen LogP contribution in [0.2, 0.25) is 10.0 Å². The maximum atomic E-state index is 12.9. The van der Waals surface area contributed by atoms with E-state index in [0.717, 1.165) is 68.1 Å². The number of aromatic nitrogens is 1. The lowest BCUT2D eigenvalue weighted by atomic mass is 9.76. The Morgan fingerprint density at radius 3 is 2.54 bits per heavy atom. The summed E-state index contributed by atoms with van der Waals surface area (Å²) >= 11 is 12.6. The lowest BCUT2D eigenvalue weighted by Crippen LogP contribution is -2.49. The van der Waals surface area contributed by atoms with Crippen LogP contribution in [0.1, 0.15) is 49.5 Å². The van der Waals surface area contributed by atoms with E-state index in [0.29, 0.717) is 15.7 Å². The standard InChI is InChI=1S/C28H34Cl2N4O/c1-28(32-27(35)24-19-21-5-2-3-7-23(21)31-24)12-9-20(10-13-28)11-14-33-15-17-34(18-16-33)25-8-4-6-22(29)26(25)30/h2-8,19-20,31H,9-18H2,1H3,(H,32,35). The number of anilines is 1. The summed E-state index contributed by atoms with van der Waals surface area (Å²) in [5, 5.41) is 5.67. The largest absolute Gasteiger partial charge is 0.368 e. The van der Waals surface area contributed by atoms with Gasteiger partial charge >= 0.3 is 0 Å². The third kappa shape index (κ3) is 5.63. The first-order chi connectivity index (χ1) is 16.9. The number of carbonyl (C=O) groups is 1. The van der Waals surface area contributed by atoms with Crippen molar-refractivity contribution in [1.82, 2.24) is 15.2 Å². The average molecular weight is 514 g/mol. The van der Waals surface area contributed by atoms with Crippen LogP contribution in [0.15, 0.2) is 48.5 Å². The maximum absolute atomic E-state index is 12.9. The molecule has 2 aromatic carbocycles. The Hall–Kier alpha value is -2.21. The molecule has 5 nitrogen and oxygen atoms in total. The molecule has 0 spiro atoms. The number of nitrogens with zero attached hydrogens (tertiary/aromatic N) is 2. The highest BCUT2D eigenvalue weighted by atomic mass is 35.5. The second-order valence-electron chi connectivity index (χ2n) is 10.4. The first-order valence-corrected chi connectivity index (χ1v) is 13.5. The van der Waals surface area contributed by atoms with Gasteiger partial charge in [-0.2, -0.15) is 0 Å². The van der Waals surface area contributed by atoms with Crippen LogP contribution in [0.4, 0.5) is 5.69 Å². The minimum Gasteiger partial charge on any atom is -0.368 e. The molecule has 35 heavy (non-hydrogen) atoms. The molecule has 1 aliphatic heterocycles. The van der Waals surface area contributed by atoms with Gasteiger partial charge in [-0.15, -0.1) is 0 Å². The summed E-state index contributed by atoms with van der Waals surface area (Å²) in [5.74, 6) is 0.730. The van der Waals surface area contributed by atoms with Gasteiger partial charge in [-0.25, -0.2) is 0 Å². The highest BCUT2D eigenvalue weighted by molar-refractivity contribution is 6.43. The van der Waals surface area contributed by atoms with Crippen molar-refractivity contribution in [1.29, 1.82) is 0 Å². The zero-order chi connectivity index (χ0) is 24.4. The molecule has 0 atom stereocenters. The summed E-state index contributed by atoms with van der Waals surface area (Å²) < 4.78 is 0. The molecule has 1 aromatic heterocycles. The van der Waals surface area contributed by atoms with E-state index in [1.807, 2.05) is 42.5 Å². The Labute approximate surface area is 217 Å². The van der Waals surface area contributed by atoms with Gasteiger partial charge in [0.1, 0.15) is 5.69 Å². The van der Waals surface area contributed by atoms with Crippen LogP contribution in [-0.4, -0.2) is 54.1 Å². The Morgan fingerprint density at radius 2 is 1.80 bits per heavy atom. The minimum absolute atomic E-state index is 0.000159. The Kier molecular flexibility index (Phi) is 7.29. The Bertz CT molecular complexity index is 1140. The molecule has 1 amide bonds. The monoisotopic (exact) mass is 512 g/mol. The number of hydrogen-bond acceptors (Lipinski definition) is 3. The number of aromatic amines is 1. The van der Waals surface area contributed by atoms with Crippen molar-refractivity contribution in [3.8, 4) is 0 Å². The smallest absolute Gasteiger partial charge is 0.268 e. The molecule has 1 saturated heterocycles. The molecule has 1 aliphatic carbocycles. The zero-order valence-corrected chi connectivity index (χ0v) is 21.8. The number of amides is 1. The van der Waals surface area contributed by atoms with Gasteiger partial charge in [0.15, 0.2) is 0 Å². The van der Waals surface area contributed by atoms with Gasteiger partial charge in [-0.3, -0.25) is 9.69 Å². The highest BCUT2D eigenvalue weighted by Crippen LogP contribution is 2.35. The molecular formula is C28H34Cl2N4O. The normalized spacial score (nSPS) is 23.5. The SMILES string of the molecule is CC1(NC(=O)c2cc3ccccc3[nH]2)CCC(CCN2CCN(c3cccc(Cl)c3Cl)CC2)CC1. The second kappa shape index (κ2) is 10.4. The van der Waals surface area contributed by atoms with Crippen molar-refractivity contribution < 1.29 is 4.79 Å². The molecule has 7 heteroatoms. The third-order valence-electron chi connectivity index (χ3n) is 7.90. The van der Waals surface area contributed by atoms with E-state index in [4.69, 9.17) is 23.2 Å². The molecule has 1 saturated carbocycles. The van der Waals surface area contributed by atoms with Crippen LogP contribution in [-0.2, 0) is 0 Å². The summed E-state index contributed by atoms with van der Waals surface area (Å²) in [5.41, 5.74) is 2.56. The molecule has 5 rings (SSSR count). The van der Waals surface area contributed by atoms with Crippen molar-refractivity contribution in [3.05, 3.63) is 64.3 Å².